The van der Waals surface area contributed by atoms with Gasteiger partial charge in [-0.2, -0.15) is 0 Å². The summed E-state index contributed by atoms with van der Waals surface area (Å²) in [6.45, 7) is 1.73. The molecule has 1 aromatic heterocycles. The summed E-state index contributed by atoms with van der Waals surface area (Å²) in [5.74, 6) is 6.38. The maximum Gasteiger partial charge on any atom is 0.237 e. The molecule has 7 nitrogen and oxygen atoms in total. The van der Waals surface area contributed by atoms with Gasteiger partial charge in [0.1, 0.15) is 11.6 Å². The molecule has 0 unspecified atom stereocenters. The van der Waals surface area contributed by atoms with Crippen LogP contribution in [-0.2, 0) is 4.79 Å². The van der Waals surface area contributed by atoms with Crippen LogP contribution in [-0.4, -0.2) is 33.1 Å². The summed E-state index contributed by atoms with van der Waals surface area (Å²) >= 11 is 1.15. The Balaban J connectivity index is 1.70. The Bertz CT molecular complexity index is 962. The number of nitrogens with zero attached hydrogens (tertiary/aromatic N) is 3. The smallest absolute Gasteiger partial charge is 0.237 e. The van der Waals surface area contributed by atoms with E-state index in [9.17, 15) is 9.18 Å². The monoisotopic (exact) mass is 387 g/mol. The van der Waals surface area contributed by atoms with Crippen LogP contribution in [0.25, 0.3) is 11.4 Å². The number of benzene rings is 2. The van der Waals surface area contributed by atoms with E-state index < -0.39 is 11.1 Å². The number of aromatic nitrogens is 3. The lowest BCUT2D eigenvalue weighted by molar-refractivity contribution is -0.115. The normalized spacial score (nSPS) is 11.8. The van der Waals surface area contributed by atoms with Gasteiger partial charge in [0.2, 0.25) is 11.1 Å². The molecular formula is C18H18FN5O2S. The molecule has 3 rings (SSSR count). The van der Waals surface area contributed by atoms with Crippen molar-refractivity contribution in [2.45, 2.75) is 17.3 Å². The van der Waals surface area contributed by atoms with Crippen molar-refractivity contribution >= 4 is 23.4 Å². The standard InChI is InChI=1S/C18H18FN5O2S/c1-11(17(25)21-14-7-4-8-15(10-14)26-2)27-18-23-22-16(24(18)20)12-5-3-6-13(19)9-12/h3-11H,20H2,1-2H3,(H,21,25)/t11-/m1/s1. The summed E-state index contributed by atoms with van der Waals surface area (Å²) in [5.41, 5.74) is 1.13. The quantitative estimate of drug-likeness (QED) is 0.499. The number of anilines is 1. The summed E-state index contributed by atoms with van der Waals surface area (Å²) < 4.78 is 19.8. The molecule has 1 heterocycles. The van der Waals surface area contributed by atoms with Crippen LogP contribution in [0.3, 0.4) is 0 Å². The van der Waals surface area contributed by atoms with Crippen molar-refractivity contribution < 1.29 is 13.9 Å². The van der Waals surface area contributed by atoms with Gasteiger partial charge in [-0.3, -0.25) is 4.79 Å². The summed E-state index contributed by atoms with van der Waals surface area (Å²) in [4.78, 5) is 12.4. The maximum atomic E-state index is 13.4. The second-order valence-corrected chi connectivity index (χ2v) is 6.98. The molecule has 0 aliphatic rings. The number of nitrogens with one attached hydrogen (secondary N) is 1. The highest BCUT2D eigenvalue weighted by atomic mass is 32.2. The number of carbonyl (C=O) groups excluding carboxylic acids is 1. The minimum Gasteiger partial charge on any atom is -0.497 e. The minimum absolute atomic E-state index is 0.219. The van der Waals surface area contributed by atoms with Crippen molar-refractivity contribution in [3.05, 3.63) is 54.3 Å². The average molecular weight is 387 g/mol. The molecule has 9 heteroatoms. The first-order valence-corrected chi connectivity index (χ1v) is 8.94. The molecule has 27 heavy (non-hydrogen) atoms. The molecule has 0 spiro atoms. The van der Waals surface area contributed by atoms with E-state index in [4.69, 9.17) is 10.6 Å². The fourth-order valence-electron chi connectivity index (χ4n) is 2.34. The lowest BCUT2D eigenvalue weighted by Gasteiger charge is -2.12. The van der Waals surface area contributed by atoms with Gasteiger partial charge >= 0.3 is 0 Å². The Kier molecular flexibility index (Phi) is 5.60. The Labute approximate surface area is 159 Å². The average Bonchev–Trinajstić information content (AvgIpc) is 3.02. The van der Waals surface area contributed by atoms with E-state index >= 15 is 0 Å². The maximum absolute atomic E-state index is 13.4. The molecule has 2 aromatic carbocycles. The third-order valence-corrected chi connectivity index (χ3v) is 4.79. The third kappa shape index (κ3) is 4.37. The number of carbonyl (C=O) groups is 1. The highest BCUT2D eigenvalue weighted by Crippen LogP contribution is 2.26. The first kappa shape index (κ1) is 18.7. The van der Waals surface area contributed by atoms with Gasteiger partial charge < -0.3 is 15.9 Å². The predicted molar refractivity (Wildman–Crippen MR) is 103 cm³/mol. The van der Waals surface area contributed by atoms with Crippen LogP contribution in [0.4, 0.5) is 10.1 Å². The van der Waals surface area contributed by atoms with Gasteiger partial charge in [-0.25, -0.2) is 9.07 Å². The fraction of sp³-hybridized carbons (Fsp3) is 0.167. The first-order valence-electron chi connectivity index (χ1n) is 8.06. The zero-order valence-electron chi connectivity index (χ0n) is 14.7. The van der Waals surface area contributed by atoms with Gasteiger partial charge in [0.25, 0.3) is 0 Å². The van der Waals surface area contributed by atoms with Crippen molar-refractivity contribution in [1.29, 1.82) is 0 Å². The lowest BCUT2D eigenvalue weighted by atomic mass is 10.2. The van der Waals surface area contributed by atoms with E-state index in [1.54, 1.807) is 50.4 Å². The molecule has 1 atom stereocenters. The second-order valence-electron chi connectivity index (χ2n) is 5.67. The summed E-state index contributed by atoms with van der Waals surface area (Å²) in [5, 5.41) is 10.7. The highest BCUT2D eigenvalue weighted by Gasteiger charge is 2.20. The van der Waals surface area contributed by atoms with Crippen molar-refractivity contribution in [3.8, 4) is 17.1 Å². The first-order chi connectivity index (χ1) is 13.0. The SMILES string of the molecule is COc1cccc(NC(=O)[C@@H](C)Sc2nnc(-c3cccc(F)c3)n2N)c1. The van der Waals surface area contributed by atoms with Gasteiger partial charge in [-0.05, 0) is 31.2 Å². The van der Waals surface area contributed by atoms with Gasteiger partial charge in [0.15, 0.2) is 5.82 Å². The number of hydrogen-bond donors (Lipinski definition) is 2. The molecule has 0 bridgehead atoms. The molecule has 0 aliphatic heterocycles. The molecular weight excluding hydrogens is 369 g/mol. The van der Waals surface area contributed by atoms with E-state index in [0.717, 1.165) is 11.8 Å². The van der Waals surface area contributed by atoms with Crippen molar-refractivity contribution in [2.24, 2.45) is 0 Å². The van der Waals surface area contributed by atoms with Crippen molar-refractivity contribution in [1.82, 2.24) is 14.9 Å². The number of nitrogen functional groups attached to an aromatic ring is 1. The number of nitrogens with two attached hydrogens (primary N) is 1. The topological polar surface area (TPSA) is 95.1 Å². The second kappa shape index (κ2) is 8.09. The number of thioether (sulfide) groups is 1. The number of hydrogen-bond acceptors (Lipinski definition) is 6. The van der Waals surface area contributed by atoms with Gasteiger partial charge in [-0.15, -0.1) is 10.2 Å². The molecule has 3 aromatic rings. The molecule has 0 radical (unpaired) electrons. The summed E-state index contributed by atoms with van der Waals surface area (Å²) in [6.07, 6.45) is 0. The van der Waals surface area contributed by atoms with Crippen molar-refractivity contribution in [2.75, 3.05) is 18.3 Å². The van der Waals surface area contributed by atoms with Crippen molar-refractivity contribution in [3.63, 3.8) is 0 Å². The van der Waals surface area contributed by atoms with E-state index in [2.05, 4.69) is 15.5 Å². The molecule has 0 aliphatic carbocycles. The zero-order valence-corrected chi connectivity index (χ0v) is 15.5. The molecule has 140 valence electrons. The van der Waals surface area contributed by atoms with Crippen LogP contribution in [0.5, 0.6) is 5.75 Å². The zero-order chi connectivity index (χ0) is 19.4. The lowest BCUT2D eigenvalue weighted by Crippen LogP contribution is -2.23. The number of methoxy groups -OCH3 is 1. The van der Waals surface area contributed by atoms with Crippen LogP contribution < -0.4 is 15.9 Å². The highest BCUT2D eigenvalue weighted by molar-refractivity contribution is 8.00. The van der Waals surface area contributed by atoms with E-state index in [1.807, 2.05) is 0 Å². The predicted octanol–water partition coefficient (Wildman–Crippen LogP) is 2.93. The summed E-state index contributed by atoms with van der Waals surface area (Å²) in [6, 6.07) is 13.0. The van der Waals surface area contributed by atoms with Gasteiger partial charge in [0, 0.05) is 17.3 Å². The van der Waals surface area contributed by atoms with Crippen LogP contribution in [0, 0.1) is 5.82 Å². The minimum atomic E-state index is -0.483. The van der Waals surface area contributed by atoms with E-state index in [1.165, 1.54) is 16.8 Å². The Hall–Kier alpha value is -3.07. The third-order valence-electron chi connectivity index (χ3n) is 3.74. The van der Waals surface area contributed by atoms with Crippen LogP contribution >= 0.6 is 11.8 Å². The Morgan fingerprint density at radius 1 is 1.26 bits per heavy atom. The van der Waals surface area contributed by atoms with Crippen LogP contribution in [0.2, 0.25) is 0 Å². The fourth-order valence-corrected chi connectivity index (χ4v) is 3.11. The molecule has 0 saturated heterocycles. The Morgan fingerprint density at radius 2 is 2.04 bits per heavy atom. The number of halogens is 1. The van der Waals surface area contributed by atoms with Gasteiger partial charge in [0.05, 0.1) is 12.4 Å². The van der Waals surface area contributed by atoms with Crippen LogP contribution in [0.15, 0.2) is 53.7 Å². The largest absolute Gasteiger partial charge is 0.497 e. The van der Waals surface area contributed by atoms with Gasteiger partial charge in [-0.1, -0.05) is 30.0 Å². The van der Waals surface area contributed by atoms with Crippen LogP contribution in [0.1, 0.15) is 6.92 Å². The molecule has 0 saturated carbocycles. The molecule has 1 amide bonds. The summed E-state index contributed by atoms with van der Waals surface area (Å²) in [7, 11) is 1.56. The van der Waals surface area contributed by atoms with E-state index in [-0.39, 0.29) is 5.91 Å². The number of ether oxygens (including phenoxy) is 1. The molecule has 3 N–H and O–H groups in total. The van der Waals surface area contributed by atoms with E-state index in [0.29, 0.717) is 28.0 Å². The molecule has 0 fully saturated rings. The number of rotatable bonds is 6. The number of amides is 1. The Morgan fingerprint density at radius 3 is 2.78 bits per heavy atom.